The van der Waals surface area contributed by atoms with E-state index in [0.29, 0.717) is 30.3 Å². The van der Waals surface area contributed by atoms with Gasteiger partial charge in [-0.25, -0.2) is 17.2 Å². The van der Waals surface area contributed by atoms with E-state index in [0.717, 1.165) is 17.9 Å². The number of fused-ring (bicyclic) bond motifs is 3. The van der Waals surface area contributed by atoms with E-state index in [1.165, 1.54) is 18.2 Å². The highest BCUT2D eigenvalue weighted by molar-refractivity contribution is 7.91. The largest absolute Gasteiger partial charge is 0.481 e. The molecule has 2 atom stereocenters. The van der Waals surface area contributed by atoms with E-state index in [2.05, 4.69) is 0 Å². The van der Waals surface area contributed by atoms with Crippen molar-refractivity contribution in [1.29, 1.82) is 0 Å². The van der Waals surface area contributed by atoms with Gasteiger partial charge in [0.15, 0.2) is 9.84 Å². The molecule has 0 unspecified atom stereocenters. The van der Waals surface area contributed by atoms with Crippen molar-refractivity contribution in [2.75, 3.05) is 6.26 Å². The fraction of sp³-hybridized carbons (Fsp3) is 0.348. The third kappa shape index (κ3) is 3.90. The van der Waals surface area contributed by atoms with E-state index in [1.807, 2.05) is 0 Å². The van der Waals surface area contributed by atoms with Gasteiger partial charge in [-0.15, -0.1) is 0 Å². The molecule has 2 aromatic carbocycles. The first-order chi connectivity index (χ1) is 15.0. The second kappa shape index (κ2) is 8.15. The van der Waals surface area contributed by atoms with Crippen molar-refractivity contribution in [2.24, 2.45) is 0 Å². The van der Waals surface area contributed by atoms with Crippen molar-refractivity contribution in [3.8, 4) is 0 Å². The molecule has 0 amide bonds. The summed E-state index contributed by atoms with van der Waals surface area (Å²) < 4.78 is 56.3. The number of hydrogen-bond donors (Lipinski definition) is 1. The van der Waals surface area contributed by atoms with Gasteiger partial charge in [0.05, 0.1) is 22.9 Å². The van der Waals surface area contributed by atoms with Crippen LogP contribution in [-0.2, 0) is 21.1 Å². The number of sulfone groups is 1. The van der Waals surface area contributed by atoms with Crippen LogP contribution in [0.3, 0.4) is 0 Å². The summed E-state index contributed by atoms with van der Waals surface area (Å²) in [6.07, 6.45) is 2.67. The fourth-order valence-corrected chi connectivity index (χ4v) is 5.94. The maximum absolute atomic E-state index is 14.9. The van der Waals surface area contributed by atoms with Crippen LogP contribution in [0.15, 0.2) is 35.2 Å². The van der Waals surface area contributed by atoms with Gasteiger partial charge in [0.1, 0.15) is 11.6 Å². The third-order valence-electron chi connectivity index (χ3n) is 6.16. The summed E-state index contributed by atoms with van der Waals surface area (Å²) in [5.74, 6) is -2.64. The number of benzene rings is 2. The van der Waals surface area contributed by atoms with Gasteiger partial charge in [-0.2, -0.15) is 0 Å². The van der Waals surface area contributed by atoms with Gasteiger partial charge in [0.25, 0.3) is 0 Å². The number of halogens is 3. The summed E-state index contributed by atoms with van der Waals surface area (Å²) in [7, 11) is -3.84. The molecule has 9 heteroatoms. The summed E-state index contributed by atoms with van der Waals surface area (Å²) in [5, 5.41) is 10.1. The lowest BCUT2D eigenvalue weighted by Gasteiger charge is -2.28. The zero-order chi connectivity index (χ0) is 23.4. The van der Waals surface area contributed by atoms with Crippen LogP contribution >= 0.6 is 11.6 Å². The van der Waals surface area contributed by atoms with Gasteiger partial charge in [0, 0.05) is 33.8 Å². The molecule has 0 saturated heterocycles. The minimum atomic E-state index is -3.84. The number of hydrogen-bond acceptors (Lipinski definition) is 3. The predicted molar refractivity (Wildman–Crippen MR) is 118 cm³/mol. The molecule has 0 spiro atoms. The number of carboxylic acid groups (broad SMARTS) is 1. The van der Waals surface area contributed by atoms with Gasteiger partial charge in [-0.05, 0) is 56.0 Å². The maximum atomic E-state index is 14.9. The summed E-state index contributed by atoms with van der Waals surface area (Å²) in [5.41, 5.74) is 1.91. The third-order valence-corrected chi connectivity index (χ3v) is 7.51. The molecule has 0 fully saturated rings. The quantitative estimate of drug-likeness (QED) is 0.523. The van der Waals surface area contributed by atoms with E-state index in [-0.39, 0.29) is 27.4 Å². The lowest BCUT2D eigenvalue weighted by Crippen LogP contribution is -2.20. The molecule has 1 heterocycles. The lowest BCUT2D eigenvalue weighted by atomic mass is 9.84. The predicted octanol–water partition coefficient (Wildman–Crippen LogP) is 5.48. The highest BCUT2D eigenvalue weighted by atomic mass is 35.5. The van der Waals surface area contributed by atoms with E-state index in [1.54, 1.807) is 17.6 Å². The summed E-state index contributed by atoms with van der Waals surface area (Å²) >= 11 is 5.91. The Bertz CT molecular complexity index is 1350. The second-order valence-corrected chi connectivity index (χ2v) is 10.8. The van der Waals surface area contributed by atoms with Gasteiger partial charge >= 0.3 is 5.97 Å². The molecule has 1 aromatic heterocycles. The number of aliphatic carboxylic acids is 1. The Morgan fingerprint density at radius 1 is 1.28 bits per heavy atom. The number of aryl methyl sites for hydroxylation is 1. The average Bonchev–Trinajstić information content (AvgIpc) is 3.01. The molecule has 3 aromatic rings. The van der Waals surface area contributed by atoms with Gasteiger partial charge in [-0.3, -0.25) is 4.79 Å². The fourth-order valence-electron chi connectivity index (χ4n) is 4.90. The Morgan fingerprint density at radius 2 is 2.00 bits per heavy atom. The number of rotatable bonds is 5. The van der Waals surface area contributed by atoms with Crippen molar-refractivity contribution in [3.63, 3.8) is 0 Å². The van der Waals surface area contributed by atoms with Crippen LogP contribution in [0.4, 0.5) is 8.78 Å². The van der Waals surface area contributed by atoms with Crippen molar-refractivity contribution in [3.05, 3.63) is 63.8 Å². The van der Waals surface area contributed by atoms with E-state index >= 15 is 0 Å². The zero-order valence-corrected chi connectivity index (χ0v) is 19.1. The normalized spacial score (nSPS) is 17.3. The molecule has 0 aliphatic heterocycles. The van der Waals surface area contributed by atoms with Gasteiger partial charge in [-0.1, -0.05) is 17.7 Å². The van der Waals surface area contributed by atoms with Gasteiger partial charge < -0.3 is 9.67 Å². The summed E-state index contributed by atoms with van der Waals surface area (Å²) in [6.45, 7) is 1.72. The molecule has 1 aliphatic rings. The molecule has 4 rings (SSSR count). The smallest absolute Gasteiger partial charge is 0.304 e. The molecule has 1 N–H and O–H groups in total. The Kier molecular flexibility index (Phi) is 5.79. The van der Waals surface area contributed by atoms with Crippen molar-refractivity contribution in [2.45, 2.75) is 49.5 Å². The average molecular weight is 482 g/mol. The van der Waals surface area contributed by atoms with Crippen LogP contribution in [0, 0.1) is 11.6 Å². The molecule has 0 bridgehead atoms. The standard InChI is InChI=1S/C23H22ClF2NO4S/c1-12(16-7-6-14(24)9-19(16)26)27-22-13(8-21(28)29)4-3-5-17(22)18-10-15(25)11-20(23(18)27)32(2,30)31/h6-7,9-13H,3-5,8H2,1-2H3,(H,28,29)/t12-,13+/m0/s1. The molecule has 5 nitrogen and oxygen atoms in total. The minimum Gasteiger partial charge on any atom is -0.481 e. The molecule has 0 radical (unpaired) electrons. The first kappa shape index (κ1) is 22.7. The van der Waals surface area contributed by atoms with Crippen LogP contribution in [0.2, 0.25) is 5.02 Å². The highest BCUT2D eigenvalue weighted by Gasteiger charge is 2.34. The Hall–Kier alpha value is -2.45. The maximum Gasteiger partial charge on any atom is 0.304 e. The Morgan fingerprint density at radius 3 is 2.62 bits per heavy atom. The first-order valence-electron chi connectivity index (χ1n) is 10.2. The topological polar surface area (TPSA) is 76.4 Å². The van der Waals surface area contributed by atoms with E-state index in [4.69, 9.17) is 11.6 Å². The van der Waals surface area contributed by atoms with Crippen molar-refractivity contribution in [1.82, 2.24) is 4.57 Å². The van der Waals surface area contributed by atoms with Crippen LogP contribution in [-0.4, -0.2) is 30.3 Å². The Balaban J connectivity index is 2.13. The van der Waals surface area contributed by atoms with Crippen LogP contribution < -0.4 is 0 Å². The van der Waals surface area contributed by atoms with Gasteiger partial charge in [0.2, 0.25) is 0 Å². The molecule has 32 heavy (non-hydrogen) atoms. The number of carboxylic acids is 1. The second-order valence-electron chi connectivity index (χ2n) is 8.33. The number of carbonyl (C=O) groups is 1. The van der Waals surface area contributed by atoms with Crippen LogP contribution in [0.1, 0.15) is 55.0 Å². The van der Waals surface area contributed by atoms with E-state index in [9.17, 15) is 27.1 Å². The molecule has 170 valence electrons. The van der Waals surface area contributed by atoms with Crippen LogP contribution in [0.25, 0.3) is 10.9 Å². The van der Waals surface area contributed by atoms with Crippen LogP contribution in [0.5, 0.6) is 0 Å². The summed E-state index contributed by atoms with van der Waals surface area (Å²) in [4.78, 5) is 11.4. The SMILES string of the molecule is C[C@@H](c1ccc(Cl)cc1F)n1c2c(c3cc(F)cc(S(C)(=O)=O)c31)CCC[C@@H]2CC(=O)O. The van der Waals surface area contributed by atoms with Crippen molar-refractivity contribution < 1.29 is 27.1 Å². The Labute approximate surface area is 189 Å². The van der Waals surface area contributed by atoms with Crippen molar-refractivity contribution >= 4 is 38.3 Å². The molecule has 1 aliphatic carbocycles. The minimum absolute atomic E-state index is 0.157. The monoisotopic (exact) mass is 481 g/mol. The number of aromatic nitrogens is 1. The zero-order valence-electron chi connectivity index (χ0n) is 17.5. The first-order valence-corrected chi connectivity index (χ1v) is 12.5. The van der Waals surface area contributed by atoms with E-state index < -0.39 is 39.4 Å². The molecule has 0 saturated carbocycles. The highest BCUT2D eigenvalue weighted by Crippen LogP contribution is 2.45. The molecular weight excluding hydrogens is 460 g/mol. The number of nitrogens with zero attached hydrogens (tertiary/aromatic N) is 1. The molecular formula is C23H22ClF2NO4S. The summed E-state index contributed by atoms with van der Waals surface area (Å²) in [6, 6.07) is 5.82. The lowest BCUT2D eigenvalue weighted by molar-refractivity contribution is -0.137.